The number of carbonyl (C=O) groups is 4. The molecular formula is C26H25N7O8. The number of fused-ring (bicyclic) bond motifs is 1. The van der Waals surface area contributed by atoms with E-state index in [-0.39, 0.29) is 23.3 Å². The molecule has 5 rings (SSSR count). The Morgan fingerprint density at radius 1 is 1.17 bits per heavy atom. The van der Waals surface area contributed by atoms with Gasteiger partial charge in [0.1, 0.15) is 24.7 Å². The van der Waals surface area contributed by atoms with Crippen LogP contribution >= 0.6 is 0 Å². The van der Waals surface area contributed by atoms with Gasteiger partial charge in [0.2, 0.25) is 6.79 Å². The van der Waals surface area contributed by atoms with Crippen molar-refractivity contribution >= 4 is 46.7 Å². The number of aromatic nitrogens is 4. The largest absolute Gasteiger partial charge is 0.426 e. The molecule has 1 saturated carbocycles. The first kappa shape index (κ1) is 27.3. The fraction of sp³-hybridized carbons (Fsp3) is 0.269. The standard InChI is InChI=1S/C26H25N7O8/c1-14-3-4-16(24(36)30-20-7-8-41-31-20)9-19(14)29-23-22-15(2)18(10-32(22)28-12-27-23)25(37)33(17-5-6-17)26(38)40-13-39-21(35)11-34/h3-4,7-10,12,17,34H,5-6,11,13H2,1-2H3,(H,27,28,29)(H,30,31,36). The fourth-order valence-corrected chi connectivity index (χ4v) is 4.08. The second kappa shape index (κ2) is 11.4. The van der Waals surface area contributed by atoms with E-state index in [9.17, 15) is 19.2 Å². The number of nitrogens with one attached hydrogen (secondary N) is 2. The predicted molar refractivity (Wildman–Crippen MR) is 140 cm³/mol. The molecule has 1 aliphatic rings. The summed E-state index contributed by atoms with van der Waals surface area (Å²) in [4.78, 5) is 55.4. The van der Waals surface area contributed by atoms with E-state index in [1.807, 2.05) is 6.92 Å². The first-order chi connectivity index (χ1) is 19.8. The fourth-order valence-electron chi connectivity index (χ4n) is 4.08. The molecule has 0 unspecified atom stereocenters. The number of aliphatic hydroxyl groups excluding tert-OH is 1. The first-order valence-corrected chi connectivity index (χ1v) is 12.5. The van der Waals surface area contributed by atoms with E-state index in [1.54, 1.807) is 25.1 Å². The van der Waals surface area contributed by atoms with Gasteiger partial charge in [-0.1, -0.05) is 11.2 Å². The Kier molecular flexibility index (Phi) is 7.60. The summed E-state index contributed by atoms with van der Waals surface area (Å²) < 4.78 is 15.7. The van der Waals surface area contributed by atoms with Crippen molar-refractivity contribution in [2.75, 3.05) is 24.0 Å². The maximum atomic E-state index is 13.5. The lowest BCUT2D eigenvalue weighted by Crippen LogP contribution is -2.39. The molecule has 0 aliphatic heterocycles. The van der Waals surface area contributed by atoms with Gasteiger partial charge in [-0.2, -0.15) is 5.10 Å². The molecule has 0 radical (unpaired) electrons. The Morgan fingerprint density at radius 2 is 1.98 bits per heavy atom. The van der Waals surface area contributed by atoms with Crippen molar-refractivity contribution in [1.82, 2.24) is 24.7 Å². The minimum atomic E-state index is -0.973. The third kappa shape index (κ3) is 5.84. The monoisotopic (exact) mass is 563 g/mol. The molecule has 1 fully saturated rings. The minimum absolute atomic E-state index is 0.196. The third-order valence-corrected chi connectivity index (χ3v) is 6.35. The lowest BCUT2D eigenvalue weighted by atomic mass is 10.1. The molecule has 1 aromatic carbocycles. The van der Waals surface area contributed by atoms with Crippen LogP contribution in [0, 0.1) is 13.8 Å². The summed E-state index contributed by atoms with van der Waals surface area (Å²) in [6.07, 6.45) is 4.38. The molecule has 4 aromatic rings. The number of carbonyl (C=O) groups excluding carboxylic acids is 4. The number of anilines is 3. The average molecular weight is 564 g/mol. The van der Waals surface area contributed by atoms with Crippen LogP contribution in [-0.4, -0.2) is 73.1 Å². The van der Waals surface area contributed by atoms with Crippen LogP contribution in [0.1, 0.15) is 44.7 Å². The average Bonchev–Trinajstić information content (AvgIpc) is 3.53. The van der Waals surface area contributed by atoms with Gasteiger partial charge in [-0.25, -0.2) is 24.0 Å². The number of nitrogens with zero attached hydrogens (tertiary/aromatic N) is 5. The molecule has 3 aromatic heterocycles. The van der Waals surface area contributed by atoms with Gasteiger partial charge in [-0.3, -0.25) is 9.59 Å². The van der Waals surface area contributed by atoms with Crippen molar-refractivity contribution in [3.63, 3.8) is 0 Å². The number of rotatable bonds is 9. The Bertz CT molecular complexity index is 1630. The highest BCUT2D eigenvalue weighted by Gasteiger charge is 2.40. The second-order valence-electron chi connectivity index (χ2n) is 9.17. The van der Waals surface area contributed by atoms with Crippen LogP contribution in [0.2, 0.25) is 0 Å². The van der Waals surface area contributed by atoms with Crippen LogP contribution in [0.15, 0.2) is 47.6 Å². The van der Waals surface area contributed by atoms with Crippen LogP contribution < -0.4 is 10.6 Å². The van der Waals surface area contributed by atoms with Gasteiger partial charge in [0.05, 0.1) is 5.56 Å². The molecule has 0 atom stereocenters. The minimum Gasteiger partial charge on any atom is -0.426 e. The zero-order valence-electron chi connectivity index (χ0n) is 22.0. The van der Waals surface area contributed by atoms with Crippen molar-refractivity contribution in [1.29, 1.82) is 0 Å². The lowest BCUT2D eigenvalue weighted by Gasteiger charge is -2.19. The molecule has 3 heterocycles. The summed E-state index contributed by atoms with van der Waals surface area (Å²) >= 11 is 0. The van der Waals surface area contributed by atoms with Crippen LogP contribution in [0.25, 0.3) is 5.52 Å². The molecule has 0 saturated heterocycles. The molecular weight excluding hydrogens is 538 g/mol. The highest BCUT2D eigenvalue weighted by Crippen LogP contribution is 2.32. The van der Waals surface area contributed by atoms with Crippen molar-refractivity contribution in [3.8, 4) is 0 Å². The Labute approximate surface area is 232 Å². The summed E-state index contributed by atoms with van der Waals surface area (Å²) in [6, 6.07) is 6.26. The zero-order chi connectivity index (χ0) is 29.1. The number of hydrogen-bond acceptors (Lipinski definition) is 12. The number of hydrogen-bond donors (Lipinski definition) is 3. The number of imide groups is 1. The summed E-state index contributed by atoms with van der Waals surface area (Å²) in [7, 11) is 0. The molecule has 3 amide bonds. The highest BCUT2D eigenvalue weighted by molar-refractivity contribution is 6.06. The van der Waals surface area contributed by atoms with Crippen molar-refractivity contribution in [2.45, 2.75) is 32.7 Å². The normalized spacial score (nSPS) is 12.6. The molecule has 15 nitrogen and oxygen atoms in total. The molecule has 41 heavy (non-hydrogen) atoms. The molecule has 0 spiro atoms. The Morgan fingerprint density at radius 3 is 2.68 bits per heavy atom. The highest BCUT2D eigenvalue weighted by atomic mass is 16.7. The van der Waals surface area contributed by atoms with E-state index in [4.69, 9.17) is 14.4 Å². The number of ether oxygens (including phenoxy) is 2. The maximum absolute atomic E-state index is 13.5. The van der Waals surface area contributed by atoms with E-state index >= 15 is 0 Å². The van der Waals surface area contributed by atoms with Crippen LogP contribution in [-0.2, 0) is 14.3 Å². The molecule has 0 bridgehead atoms. The number of aryl methyl sites for hydroxylation is 2. The number of amides is 3. The Balaban J connectivity index is 1.40. The van der Waals surface area contributed by atoms with Crippen LogP contribution in [0.3, 0.4) is 0 Å². The molecule has 3 N–H and O–H groups in total. The first-order valence-electron chi connectivity index (χ1n) is 12.5. The zero-order valence-corrected chi connectivity index (χ0v) is 22.0. The number of esters is 1. The lowest BCUT2D eigenvalue weighted by molar-refractivity contribution is -0.155. The predicted octanol–water partition coefficient (Wildman–Crippen LogP) is 2.56. The Hall–Kier alpha value is -5.31. The molecule has 212 valence electrons. The van der Waals surface area contributed by atoms with Gasteiger partial charge in [0, 0.05) is 29.6 Å². The summed E-state index contributed by atoms with van der Waals surface area (Å²) in [5.74, 6) is -1.32. The number of aliphatic hydroxyl groups is 1. The van der Waals surface area contributed by atoms with E-state index in [0.29, 0.717) is 41.0 Å². The van der Waals surface area contributed by atoms with Gasteiger partial charge >= 0.3 is 12.1 Å². The van der Waals surface area contributed by atoms with E-state index in [0.717, 1.165) is 10.5 Å². The van der Waals surface area contributed by atoms with E-state index < -0.39 is 31.4 Å². The van der Waals surface area contributed by atoms with E-state index in [2.05, 4.69) is 30.6 Å². The SMILES string of the molecule is Cc1ccc(C(=O)Nc2ccon2)cc1Nc1ncnn2cc(C(=O)N(C(=O)OCOC(=O)CO)C3CC3)c(C)c12. The van der Waals surface area contributed by atoms with Gasteiger partial charge in [0.25, 0.3) is 11.8 Å². The van der Waals surface area contributed by atoms with Crippen LogP contribution in [0.5, 0.6) is 0 Å². The van der Waals surface area contributed by atoms with Gasteiger partial charge in [-0.05, 0) is 49.9 Å². The van der Waals surface area contributed by atoms with Gasteiger partial charge in [0.15, 0.2) is 11.6 Å². The third-order valence-electron chi connectivity index (χ3n) is 6.35. The maximum Gasteiger partial charge on any atom is 0.419 e. The van der Waals surface area contributed by atoms with Gasteiger partial charge < -0.3 is 29.7 Å². The van der Waals surface area contributed by atoms with E-state index in [1.165, 1.54) is 29.4 Å². The second-order valence-corrected chi connectivity index (χ2v) is 9.17. The van der Waals surface area contributed by atoms with Crippen molar-refractivity contribution in [2.24, 2.45) is 0 Å². The summed E-state index contributed by atoms with van der Waals surface area (Å²) in [6.45, 7) is 1.96. The number of benzene rings is 1. The molecule has 15 heteroatoms. The van der Waals surface area contributed by atoms with Gasteiger partial charge in [-0.15, -0.1) is 0 Å². The summed E-state index contributed by atoms with van der Waals surface area (Å²) in [5, 5.41) is 22.5. The van der Waals surface area contributed by atoms with Crippen LogP contribution in [0.4, 0.5) is 22.1 Å². The summed E-state index contributed by atoms with van der Waals surface area (Å²) in [5.41, 5.74) is 2.95. The van der Waals surface area contributed by atoms with Crippen molar-refractivity contribution in [3.05, 3.63) is 65.3 Å². The topological polar surface area (TPSA) is 190 Å². The quantitative estimate of drug-likeness (QED) is 0.200. The van der Waals surface area contributed by atoms with Crippen molar-refractivity contribution < 1.29 is 38.3 Å². The molecule has 1 aliphatic carbocycles. The smallest absolute Gasteiger partial charge is 0.419 e.